The lowest BCUT2D eigenvalue weighted by Crippen LogP contribution is -2.26. The number of para-hydroxylation sites is 1. The van der Waals surface area contributed by atoms with Gasteiger partial charge in [0, 0.05) is 24.3 Å². The molecule has 2 atom stereocenters. The molecule has 1 N–H and O–H groups in total. The number of benzene rings is 1. The fraction of sp³-hybridized carbons (Fsp3) is 0.647. The lowest BCUT2D eigenvalue weighted by molar-refractivity contribution is 0.199. The van der Waals surface area contributed by atoms with Crippen LogP contribution < -0.4 is 4.90 Å². The van der Waals surface area contributed by atoms with Gasteiger partial charge in [-0.2, -0.15) is 0 Å². The third-order valence-corrected chi connectivity index (χ3v) is 4.44. The molecule has 1 unspecified atom stereocenters. The number of aliphatic hydroxyl groups excluding tert-OH is 1. The Bertz CT molecular complexity index is 400. The molecule has 0 aromatic heterocycles. The number of hydrogen-bond donors (Lipinski definition) is 1. The first-order valence-electron chi connectivity index (χ1n) is 7.61. The molecule has 0 bridgehead atoms. The Morgan fingerprint density at radius 2 is 1.84 bits per heavy atom. The zero-order valence-corrected chi connectivity index (χ0v) is 12.5. The highest BCUT2D eigenvalue weighted by Gasteiger charge is 2.21. The maximum Gasteiger partial charge on any atom is 0.0781 e. The Balaban J connectivity index is 2.14. The van der Waals surface area contributed by atoms with E-state index < -0.39 is 0 Å². The van der Waals surface area contributed by atoms with E-state index in [2.05, 4.69) is 30.9 Å². The zero-order chi connectivity index (χ0) is 13.8. The molecule has 2 heteroatoms. The summed E-state index contributed by atoms with van der Waals surface area (Å²) in [5.74, 6) is 1.63. The third kappa shape index (κ3) is 3.50. The third-order valence-electron chi connectivity index (χ3n) is 4.44. The fourth-order valence-electron chi connectivity index (χ4n) is 3.16. The van der Waals surface area contributed by atoms with Gasteiger partial charge in [0.1, 0.15) is 0 Å². The standard InChI is InChI=1S/C17H27NO/c1-13(2)15-7-6-11-18(12-10-15)17-9-5-4-8-16(17)14(3)19/h4-5,8-9,13-15,19H,6-7,10-12H2,1-3H3/t14-,15?/m1/s1. The van der Waals surface area contributed by atoms with Crippen LogP contribution in [0.1, 0.15) is 51.7 Å². The van der Waals surface area contributed by atoms with Crippen molar-refractivity contribution < 1.29 is 5.11 Å². The normalized spacial score (nSPS) is 22.4. The van der Waals surface area contributed by atoms with Crippen LogP contribution in [0, 0.1) is 11.8 Å². The predicted octanol–water partition coefficient (Wildman–Crippen LogP) is 4.00. The molecule has 1 heterocycles. The van der Waals surface area contributed by atoms with Crippen LogP contribution in [0.2, 0.25) is 0 Å². The summed E-state index contributed by atoms with van der Waals surface area (Å²) < 4.78 is 0. The quantitative estimate of drug-likeness (QED) is 0.889. The topological polar surface area (TPSA) is 23.5 Å². The van der Waals surface area contributed by atoms with Crippen molar-refractivity contribution in [1.82, 2.24) is 0 Å². The molecule has 0 saturated carbocycles. The van der Waals surface area contributed by atoms with Crippen LogP contribution >= 0.6 is 0 Å². The second kappa shape index (κ2) is 6.42. The molecule has 0 radical (unpaired) electrons. The average Bonchev–Trinajstić information content (AvgIpc) is 2.64. The summed E-state index contributed by atoms with van der Waals surface area (Å²) in [6, 6.07) is 8.29. The van der Waals surface area contributed by atoms with Crippen LogP contribution in [0.5, 0.6) is 0 Å². The monoisotopic (exact) mass is 261 g/mol. The molecule has 0 amide bonds. The highest BCUT2D eigenvalue weighted by molar-refractivity contribution is 5.54. The first-order chi connectivity index (χ1) is 9.09. The van der Waals surface area contributed by atoms with E-state index in [-0.39, 0.29) is 6.10 Å². The minimum atomic E-state index is -0.389. The van der Waals surface area contributed by atoms with Crippen molar-refractivity contribution in [2.75, 3.05) is 18.0 Å². The first-order valence-corrected chi connectivity index (χ1v) is 7.61. The van der Waals surface area contributed by atoms with E-state index in [4.69, 9.17) is 0 Å². The Kier molecular flexibility index (Phi) is 4.87. The van der Waals surface area contributed by atoms with Crippen LogP contribution in [-0.2, 0) is 0 Å². The molecule has 2 rings (SSSR count). The molecule has 19 heavy (non-hydrogen) atoms. The summed E-state index contributed by atoms with van der Waals surface area (Å²) in [6.07, 6.45) is 3.48. The molecule has 1 aliphatic rings. The predicted molar refractivity (Wildman–Crippen MR) is 81.5 cm³/mol. The van der Waals surface area contributed by atoms with Crippen molar-refractivity contribution in [3.05, 3.63) is 29.8 Å². The van der Waals surface area contributed by atoms with Gasteiger partial charge in [-0.15, -0.1) is 0 Å². The van der Waals surface area contributed by atoms with Crippen LogP contribution in [0.25, 0.3) is 0 Å². The molecular weight excluding hydrogens is 234 g/mol. The summed E-state index contributed by atoms with van der Waals surface area (Å²) in [5, 5.41) is 9.92. The molecule has 1 aromatic carbocycles. The Labute approximate surface area is 117 Å². The number of rotatable bonds is 3. The van der Waals surface area contributed by atoms with E-state index in [1.165, 1.54) is 24.9 Å². The van der Waals surface area contributed by atoms with Crippen molar-refractivity contribution in [3.8, 4) is 0 Å². The van der Waals surface area contributed by atoms with Gasteiger partial charge in [0.05, 0.1) is 6.10 Å². The summed E-state index contributed by atoms with van der Waals surface area (Å²) in [5.41, 5.74) is 2.28. The molecule has 0 spiro atoms. The van der Waals surface area contributed by atoms with Crippen molar-refractivity contribution in [2.45, 2.75) is 46.1 Å². The summed E-state index contributed by atoms with van der Waals surface area (Å²) in [4.78, 5) is 2.46. The van der Waals surface area contributed by atoms with E-state index >= 15 is 0 Å². The van der Waals surface area contributed by atoms with Gasteiger partial charge in [-0.1, -0.05) is 32.0 Å². The van der Waals surface area contributed by atoms with Gasteiger partial charge in [-0.05, 0) is 44.1 Å². The van der Waals surface area contributed by atoms with Crippen LogP contribution in [0.4, 0.5) is 5.69 Å². The number of nitrogens with zero attached hydrogens (tertiary/aromatic N) is 1. The van der Waals surface area contributed by atoms with Gasteiger partial charge in [0.2, 0.25) is 0 Å². The molecule has 0 aliphatic carbocycles. The maximum atomic E-state index is 9.92. The van der Waals surface area contributed by atoms with Crippen molar-refractivity contribution in [1.29, 1.82) is 0 Å². The highest BCUT2D eigenvalue weighted by Crippen LogP contribution is 2.31. The zero-order valence-electron chi connectivity index (χ0n) is 12.5. The number of hydrogen-bond acceptors (Lipinski definition) is 2. The first kappa shape index (κ1) is 14.4. The van der Waals surface area contributed by atoms with Gasteiger partial charge in [0.25, 0.3) is 0 Å². The highest BCUT2D eigenvalue weighted by atomic mass is 16.3. The summed E-state index contributed by atoms with van der Waals surface area (Å²) in [6.45, 7) is 8.77. The van der Waals surface area contributed by atoms with E-state index in [0.717, 1.165) is 30.5 Å². The van der Waals surface area contributed by atoms with Gasteiger partial charge in [0.15, 0.2) is 0 Å². The molecular formula is C17H27NO. The lowest BCUT2D eigenvalue weighted by Gasteiger charge is -2.27. The molecule has 1 saturated heterocycles. The largest absolute Gasteiger partial charge is 0.389 e. The minimum absolute atomic E-state index is 0.389. The lowest BCUT2D eigenvalue weighted by atomic mass is 9.89. The minimum Gasteiger partial charge on any atom is -0.389 e. The number of aliphatic hydroxyl groups is 1. The van der Waals surface area contributed by atoms with E-state index in [1.807, 2.05) is 19.1 Å². The SMILES string of the molecule is CC(C)C1CCCN(c2ccccc2[C@@H](C)O)CC1. The van der Waals surface area contributed by atoms with Crippen LogP contribution in [0.3, 0.4) is 0 Å². The average molecular weight is 261 g/mol. The molecule has 106 valence electrons. The number of anilines is 1. The van der Waals surface area contributed by atoms with Crippen LogP contribution in [-0.4, -0.2) is 18.2 Å². The Morgan fingerprint density at radius 3 is 2.53 bits per heavy atom. The summed E-state index contributed by atoms with van der Waals surface area (Å²) >= 11 is 0. The molecule has 1 aromatic rings. The maximum absolute atomic E-state index is 9.92. The second-order valence-electron chi connectivity index (χ2n) is 6.16. The van der Waals surface area contributed by atoms with Crippen molar-refractivity contribution in [3.63, 3.8) is 0 Å². The fourth-order valence-corrected chi connectivity index (χ4v) is 3.16. The van der Waals surface area contributed by atoms with Gasteiger partial charge >= 0.3 is 0 Å². The molecule has 2 nitrogen and oxygen atoms in total. The smallest absolute Gasteiger partial charge is 0.0781 e. The van der Waals surface area contributed by atoms with Gasteiger partial charge < -0.3 is 10.0 Å². The Morgan fingerprint density at radius 1 is 1.11 bits per heavy atom. The molecule has 1 aliphatic heterocycles. The second-order valence-corrected chi connectivity index (χ2v) is 6.16. The Hall–Kier alpha value is -1.02. The van der Waals surface area contributed by atoms with Crippen LogP contribution in [0.15, 0.2) is 24.3 Å². The van der Waals surface area contributed by atoms with Crippen molar-refractivity contribution >= 4 is 5.69 Å². The van der Waals surface area contributed by atoms with Gasteiger partial charge in [-0.3, -0.25) is 0 Å². The van der Waals surface area contributed by atoms with E-state index in [9.17, 15) is 5.11 Å². The molecule has 1 fully saturated rings. The van der Waals surface area contributed by atoms with E-state index in [0.29, 0.717) is 0 Å². The van der Waals surface area contributed by atoms with Crippen molar-refractivity contribution in [2.24, 2.45) is 11.8 Å². The summed E-state index contributed by atoms with van der Waals surface area (Å²) in [7, 11) is 0. The van der Waals surface area contributed by atoms with E-state index in [1.54, 1.807) is 0 Å². The van der Waals surface area contributed by atoms with Gasteiger partial charge in [-0.25, -0.2) is 0 Å².